The van der Waals surface area contributed by atoms with Gasteiger partial charge < -0.3 is 14.8 Å². The molecule has 1 heterocycles. The maximum absolute atomic E-state index is 12.5. The molecule has 0 bridgehead atoms. The van der Waals surface area contributed by atoms with Gasteiger partial charge in [0.25, 0.3) is 5.91 Å². The number of nitrogens with zero attached hydrogens (tertiary/aromatic N) is 2. The Balaban J connectivity index is 1.70. The number of carbonyl (C=O) groups is 1. The normalized spacial score (nSPS) is 10.8. The lowest BCUT2D eigenvalue weighted by atomic mass is 10.1. The number of carbonyl (C=O) groups excluding carboxylic acids is 1. The van der Waals surface area contributed by atoms with Crippen LogP contribution in [0, 0.1) is 0 Å². The van der Waals surface area contributed by atoms with Crippen LogP contribution in [0.3, 0.4) is 0 Å². The zero-order chi connectivity index (χ0) is 17.6. The van der Waals surface area contributed by atoms with Crippen LogP contribution in [0.25, 0.3) is 5.69 Å². The van der Waals surface area contributed by atoms with Crippen LogP contribution in [0.4, 0.5) is 0 Å². The summed E-state index contributed by atoms with van der Waals surface area (Å²) in [5.41, 5.74) is 4.02. The number of hydrogen-bond acceptors (Lipinski definition) is 2. The summed E-state index contributed by atoms with van der Waals surface area (Å²) in [5.74, 6) is -0.0614. The highest BCUT2D eigenvalue weighted by molar-refractivity contribution is 5.94. The largest absolute Gasteiger partial charge is 0.348 e. The Morgan fingerprint density at radius 3 is 2.40 bits per heavy atom. The quantitative estimate of drug-likeness (QED) is 0.750. The maximum atomic E-state index is 12.5. The molecule has 0 fully saturated rings. The van der Waals surface area contributed by atoms with Crippen molar-refractivity contribution >= 4 is 5.91 Å². The molecule has 0 saturated heterocycles. The molecule has 0 aliphatic carbocycles. The Hall–Kier alpha value is -2.85. The molecule has 0 aliphatic rings. The Morgan fingerprint density at radius 2 is 1.68 bits per heavy atom. The van der Waals surface area contributed by atoms with Crippen molar-refractivity contribution in [2.45, 2.75) is 13.1 Å². The van der Waals surface area contributed by atoms with Gasteiger partial charge in [-0.1, -0.05) is 30.3 Å². The first-order valence-corrected chi connectivity index (χ1v) is 8.36. The predicted molar refractivity (Wildman–Crippen MR) is 101 cm³/mol. The summed E-state index contributed by atoms with van der Waals surface area (Å²) in [4.78, 5) is 14.7. The van der Waals surface area contributed by atoms with Gasteiger partial charge in [-0.3, -0.25) is 4.79 Å². The lowest BCUT2D eigenvalue weighted by Gasteiger charge is -2.15. The lowest BCUT2D eigenvalue weighted by Crippen LogP contribution is -2.24. The molecule has 3 rings (SSSR count). The second-order valence-corrected chi connectivity index (χ2v) is 6.33. The van der Waals surface area contributed by atoms with Gasteiger partial charge >= 0.3 is 0 Å². The predicted octanol–water partition coefficient (Wildman–Crippen LogP) is 3.47. The molecule has 1 amide bonds. The van der Waals surface area contributed by atoms with Crippen molar-refractivity contribution < 1.29 is 4.79 Å². The summed E-state index contributed by atoms with van der Waals surface area (Å²) in [6.45, 7) is 1.38. The topological polar surface area (TPSA) is 37.3 Å². The van der Waals surface area contributed by atoms with Crippen LogP contribution in [-0.4, -0.2) is 29.5 Å². The molecule has 4 nitrogen and oxygen atoms in total. The minimum absolute atomic E-state index is 0.0614. The molecule has 2 aromatic carbocycles. The molecule has 1 N–H and O–H groups in total. The van der Waals surface area contributed by atoms with E-state index < -0.39 is 0 Å². The smallest absolute Gasteiger partial charge is 0.251 e. The SMILES string of the molecule is CN(C)Cc1ccccc1CNC(=O)c1cccc(-n2cccc2)c1. The van der Waals surface area contributed by atoms with Crippen molar-refractivity contribution in [3.8, 4) is 5.69 Å². The van der Waals surface area contributed by atoms with E-state index in [4.69, 9.17) is 0 Å². The van der Waals surface area contributed by atoms with Crippen molar-refractivity contribution in [1.29, 1.82) is 0 Å². The first-order chi connectivity index (χ1) is 12.1. The summed E-state index contributed by atoms with van der Waals surface area (Å²) in [5, 5.41) is 3.03. The summed E-state index contributed by atoms with van der Waals surface area (Å²) in [6, 6.07) is 19.8. The molecule has 1 aromatic heterocycles. The minimum Gasteiger partial charge on any atom is -0.348 e. The van der Waals surface area contributed by atoms with E-state index >= 15 is 0 Å². The fourth-order valence-corrected chi connectivity index (χ4v) is 2.82. The molecule has 0 saturated carbocycles. The third kappa shape index (κ3) is 4.37. The van der Waals surface area contributed by atoms with Gasteiger partial charge in [0, 0.05) is 36.7 Å². The second kappa shape index (κ2) is 7.81. The number of amides is 1. The average molecular weight is 333 g/mol. The molecule has 4 heteroatoms. The number of hydrogen-bond donors (Lipinski definition) is 1. The first kappa shape index (κ1) is 17.0. The molecule has 3 aromatic rings. The van der Waals surface area contributed by atoms with Crippen LogP contribution in [0.1, 0.15) is 21.5 Å². The molecule has 0 spiro atoms. The average Bonchev–Trinajstić information content (AvgIpc) is 3.15. The van der Waals surface area contributed by atoms with Crippen molar-refractivity contribution in [2.24, 2.45) is 0 Å². The molecular formula is C21H23N3O. The van der Waals surface area contributed by atoms with E-state index in [9.17, 15) is 4.79 Å². The van der Waals surface area contributed by atoms with E-state index in [-0.39, 0.29) is 5.91 Å². The number of benzene rings is 2. The highest BCUT2D eigenvalue weighted by atomic mass is 16.1. The number of rotatable bonds is 6. The summed E-state index contributed by atoms with van der Waals surface area (Å²) in [6.07, 6.45) is 3.93. The third-order valence-corrected chi connectivity index (χ3v) is 4.06. The Kier molecular flexibility index (Phi) is 5.31. The summed E-state index contributed by atoms with van der Waals surface area (Å²) >= 11 is 0. The second-order valence-electron chi connectivity index (χ2n) is 6.33. The van der Waals surface area contributed by atoms with E-state index in [1.807, 2.05) is 79.6 Å². The molecule has 0 atom stereocenters. The van der Waals surface area contributed by atoms with Gasteiger partial charge in [-0.05, 0) is 55.6 Å². The van der Waals surface area contributed by atoms with Crippen molar-refractivity contribution in [1.82, 2.24) is 14.8 Å². The van der Waals surface area contributed by atoms with E-state index in [0.29, 0.717) is 12.1 Å². The zero-order valence-electron chi connectivity index (χ0n) is 14.6. The molecule has 0 radical (unpaired) electrons. The van der Waals surface area contributed by atoms with E-state index in [0.717, 1.165) is 17.8 Å². The van der Waals surface area contributed by atoms with Crippen molar-refractivity contribution in [3.05, 3.63) is 89.7 Å². The lowest BCUT2D eigenvalue weighted by molar-refractivity contribution is 0.0951. The van der Waals surface area contributed by atoms with Crippen LogP contribution < -0.4 is 5.32 Å². The van der Waals surface area contributed by atoms with Crippen LogP contribution >= 0.6 is 0 Å². The number of aromatic nitrogens is 1. The van der Waals surface area contributed by atoms with Gasteiger partial charge in [0.15, 0.2) is 0 Å². The van der Waals surface area contributed by atoms with Crippen LogP contribution in [0.2, 0.25) is 0 Å². The molecule has 128 valence electrons. The number of nitrogens with one attached hydrogen (secondary N) is 1. The van der Waals surface area contributed by atoms with Gasteiger partial charge in [0.2, 0.25) is 0 Å². The van der Waals surface area contributed by atoms with Crippen molar-refractivity contribution in [2.75, 3.05) is 14.1 Å². The van der Waals surface area contributed by atoms with Crippen LogP contribution in [0.5, 0.6) is 0 Å². The van der Waals surface area contributed by atoms with Crippen molar-refractivity contribution in [3.63, 3.8) is 0 Å². The minimum atomic E-state index is -0.0614. The van der Waals surface area contributed by atoms with Gasteiger partial charge in [0.05, 0.1) is 0 Å². The van der Waals surface area contributed by atoms with Crippen LogP contribution in [0.15, 0.2) is 73.1 Å². The Bertz CT molecular complexity index is 838. The monoisotopic (exact) mass is 333 g/mol. The first-order valence-electron chi connectivity index (χ1n) is 8.36. The summed E-state index contributed by atoms with van der Waals surface area (Å²) < 4.78 is 1.99. The summed E-state index contributed by atoms with van der Waals surface area (Å²) in [7, 11) is 4.09. The van der Waals surface area contributed by atoms with Gasteiger partial charge in [-0.25, -0.2) is 0 Å². The highest BCUT2D eigenvalue weighted by Crippen LogP contribution is 2.13. The van der Waals surface area contributed by atoms with Crippen LogP contribution in [-0.2, 0) is 13.1 Å². The molecule has 25 heavy (non-hydrogen) atoms. The third-order valence-electron chi connectivity index (χ3n) is 4.06. The van der Waals surface area contributed by atoms with E-state index in [1.165, 1.54) is 5.56 Å². The Labute approximate surface area is 148 Å². The Morgan fingerprint density at radius 1 is 0.960 bits per heavy atom. The maximum Gasteiger partial charge on any atom is 0.251 e. The standard InChI is InChI=1S/C21H23N3O/c1-23(2)16-19-9-4-3-8-18(19)15-22-21(25)17-10-7-11-20(14-17)24-12-5-6-13-24/h3-14H,15-16H2,1-2H3,(H,22,25). The molecule has 0 aliphatic heterocycles. The van der Waals surface area contributed by atoms with Gasteiger partial charge in [-0.15, -0.1) is 0 Å². The van der Waals surface area contributed by atoms with Gasteiger partial charge in [-0.2, -0.15) is 0 Å². The fraction of sp³-hybridized carbons (Fsp3) is 0.190. The van der Waals surface area contributed by atoms with E-state index in [1.54, 1.807) is 0 Å². The zero-order valence-corrected chi connectivity index (χ0v) is 14.6. The highest BCUT2D eigenvalue weighted by Gasteiger charge is 2.09. The fourth-order valence-electron chi connectivity index (χ4n) is 2.82. The van der Waals surface area contributed by atoms with E-state index in [2.05, 4.69) is 22.3 Å². The molecule has 0 unspecified atom stereocenters. The molecular weight excluding hydrogens is 310 g/mol. The van der Waals surface area contributed by atoms with Gasteiger partial charge in [0.1, 0.15) is 0 Å².